The van der Waals surface area contributed by atoms with Gasteiger partial charge in [0.25, 0.3) is 5.69 Å². The third-order valence-electron chi connectivity index (χ3n) is 5.77. The van der Waals surface area contributed by atoms with Gasteiger partial charge in [0.2, 0.25) is 14.3 Å². The summed E-state index contributed by atoms with van der Waals surface area (Å²) < 4.78 is 39.5. The highest BCUT2D eigenvalue weighted by atomic mass is 31.2. The normalized spacial score (nSPS) is 20.5. The Kier molecular flexibility index (Phi) is 8.91. The van der Waals surface area contributed by atoms with E-state index in [9.17, 15) is 14.5 Å². The Balaban J connectivity index is 1.44. The van der Waals surface area contributed by atoms with Crippen LogP contribution in [0.5, 0.6) is 5.88 Å². The quantitative estimate of drug-likeness (QED) is 0.0816. The van der Waals surface area contributed by atoms with Crippen molar-refractivity contribution in [3.05, 3.63) is 52.3 Å². The molecule has 1 fully saturated rings. The Bertz CT molecular complexity index is 1240. The number of rotatable bonds is 12. The minimum atomic E-state index is -1.18. The van der Waals surface area contributed by atoms with Crippen molar-refractivity contribution in [1.29, 1.82) is 0 Å². The maximum absolute atomic E-state index is 14.4. The lowest BCUT2D eigenvalue weighted by Crippen LogP contribution is -2.21. The largest absolute Gasteiger partial charge is 0.476 e. The van der Waals surface area contributed by atoms with E-state index in [1.165, 1.54) is 24.9 Å². The van der Waals surface area contributed by atoms with Crippen molar-refractivity contribution in [1.82, 2.24) is 19.5 Å². The van der Waals surface area contributed by atoms with Crippen molar-refractivity contribution >= 4 is 31.6 Å². The molecule has 12 nitrogen and oxygen atoms in total. The number of nitro groups is 1. The summed E-state index contributed by atoms with van der Waals surface area (Å²) in [6.45, 7) is 6.58. The first kappa shape index (κ1) is 26.8. The van der Waals surface area contributed by atoms with Crippen LogP contribution in [0.25, 0.3) is 11.2 Å². The van der Waals surface area contributed by atoms with Crippen LogP contribution < -0.4 is 4.74 Å². The Morgan fingerprint density at radius 2 is 2.11 bits per heavy atom. The highest BCUT2D eigenvalue weighted by molar-refractivity contribution is 7.46. The second-order valence-corrected chi connectivity index (χ2v) is 9.51. The summed E-state index contributed by atoms with van der Waals surface area (Å²) in [5, 5.41) is 10.8. The fourth-order valence-electron chi connectivity index (χ4n) is 3.96. The lowest BCUT2D eigenvalue weighted by atomic mass is 10.1. The monoisotopic (exact) mass is 534 g/mol. The summed E-state index contributed by atoms with van der Waals surface area (Å²) >= 11 is 0. The van der Waals surface area contributed by atoms with E-state index in [2.05, 4.69) is 19.9 Å². The number of hydrogen-bond acceptors (Lipinski definition) is 10. The number of aliphatic imine (C=N–C) groups is 1. The third-order valence-corrected chi connectivity index (χ3v) is 6.73. The Morgan fingerprint density at radius 1 is 1.32 bits per heavy atom. The summed E-state index contributed by atoms with van der Waals surface area (Å²) in [6, 6.07) is 6.15. The molecule has 2 aromatic heterocycles. The Labute approximate surface area is 213 Å². The fourth-order valence-corrected chi connectivity index (χ4v) is 4.81. The zero-order chi connectivity index (χ0) is 26.4. The molecule has 198 valence electrons. The summed E-state index contributed by atoms with van der Waals surface area (Å²) in [6.07, 6.45) is 2.80. The van der Waals surface area contributed by atoms with Gasteiger partial charge in [-0.1, -0.05) is 19.1 Å². The average molecular weight is 534 g/mol. The molecule has 1 aliphatic rings. The van der Waals surface area contributed by atoms with Gasteiger partial charge >= 0.3 is 6.08 Å². The molecule has 14 heteroatoms. The van der Waals surface area contributed by atoms with Crippen LogP contribution in [-0.2, 0) is 20.2 Å². The molecule has 1 aromatic carbocycles. The number of nitrogens with zero attached hydrogens (tertiary/aromatic N) is 6. The highest BCUT2D eigenvalue weighted by Crippen LogP contribution is 2.42. The van der Waals surface area contributed by atoms with Crippen molar-refractivity contribution in [2.45, 2.75) is 51.5 Å². The molecule has 0 amide bonds. The van der Waals surface area contributed by atoms with Gasteiger partial charge in [0.1, 0.15) is 6.23 Å². The van der Waals surface area contributed by atoms with Gasteiger partial charge in [0.15, 0.2) is 17.6 Å². The molecular weight excluding hydrogens is 506 g/mol. The first-order valence-electron chi connectivity index (χ1n) is 11.9. The smallest absolute Gasteiger partial charge is 0.314 e. The van der Waals surface area contributed by atoms with Gasteiger partial charge in [-0.05, 0) is 18.9 Å². The van der Waals surface area contributed by atoms with E-state index in [1.807, 2.05) is 20.5 Å². The molecule has 4 atom stereocenters. The van der Waals surface area contributed by atoms with E-state index in [-0.39, 0.29) is 36.0 Å². The summed E-state index contributed by atoms with van der Waals surface area (Å²) in [7, 11) is -1.18. The van der Waals surface area contributed by atoms with Crippen molar-refractivity contribution in [2.24, 2.45) is 4.99 Å². The van der Waals surface area contributed by atoms with Gasteiger partial charge in [0, 0.05) is 38.2 Å². The van der Waals surface area contributed by atoms with Crippen molar-refractivity contribution in [3.63, 3.8) is 0 Å². The van der Waals surface area contributed by atoms with E-state index in [0.29, 0.717) is 24.9 Å². The van der Waals surface area contributed by atoms with Crippen LogP contribution in [-0.4, -0.2) is 62.9 Å². The van der Waals surface area contributed by atoms with Crippen LogP contribution in [0.1, 0.15) is 38.5 Å². The van der Waals surface area contributed by atoms with Crippen LogP contribution in [0.2, 0.25) is 0 Å². The number of non-ortho nitro benzene ring substituents is 1. The van der Waals surface area contributed by atoms with E-state index in [1.54, 1.807) is 16.7 Å². The van der Waals surface area contributed by atoms with E-state index in [4.69, 9.17) is 18.5 Å². The van der Waals surface area contributed by atoms with E-state index < -0.39 is 25.6 Å². The van der Waals surface area contributed by atoms with Gasteiger partial charge in [0.05, 0.1) is 30.1 Å². The lowest BCUT2D eigenvalue weighted by Gasteiger charge is -2.19. The van der Waals surface area contributed by atoms with Crippen molar-refractivity contribution < 1.29 is 27.8 Å². The summed E-state index contributed by atoms with van der Waals surface area (Å²) in [5.74, 6) is 0.0155. The third kappa shape index (κ3) is 6.54. The molecule has 0 N–H and O–H groups in total. The summed E-state index contributed by atoms with van der Waals surface area (Å²) in [5.41, 5.74) is 1.40. The minimum absolute atomic E-state index is 0.00952. The molecule has 37 heavy (non-hydrogen) atoms. The average Bonchev–Trinajstić information content (AvgIpc) is 3.48. The molecule has 0 saturated carbocycles. The van der Waals surface area contributed by atoms with E-state index >= 15 is 0 Å². The van der Waals surface area contributed by atoms with Crippen LogP contribution in [0, 0.1) is 16.2 Å². The standard InChI is InChI=1S/C23H28FN6O6P/c1-4-17-18(36-37(3)34-14-25-5-2)12-19(35-17)29-13-26-20-21(29)27-23(24)28-22(20)33-11-10-15-6-8-16(9-7-15)30(31)32/h6-9,13-14,17-19H,4-5,10-12H2,1-3H3/b25-14+/t17-,18?,19-,37?/m1/s1. The van der Waals surface area contributed by atoms with Gasteiger partial charge in [-0.15, -0.1) is 0 Å². The molecule has 3 aromatic rings. The summed E-state index contributed by atoms with van der Waals surface area (Å²) in [4.78, 5) is 26.5. The number of aromatic nitrogens is 4. The molecule has 0 aliphatic carbocycles. The maximum Gasteiger partial charge on any atom is 0.314 e. The highest BCUT2D eigenvalue weighted by Gasteiger charge is 2.38. The van der Waals surface area contributed by atoms with Crippen LogP contribution in [0.15, 0.2) is 35.6 Å². The first-order chi connectivity index (χ1) is 17.9. The number of hydrogen-bond donors (Lipinski definition) is 0. The van der Waals surface area contributed by atoms with Crippen LogP contribution in [0.3, 0.4) is 0 Å². The maximum atomic E-state index is 14.4. The number of benzene rings is 1. The topological polar surface area (TPSA) is 136 Å². The molecule has 2 unspecified atom stereocenters. The molecule has 1 aliphatic heterocycles. The second-order valence-electron chi connectivity index (χ2n) is 8.21. The number of ether oxygens (including phenoxy) is 2. The number of imidazole rings is 1. The first-order valence-corrected chi connectivity index (χ1v) is 13.5. The molecule has 4 rings (SSSR count). The van der Waals surface area contributed by atoms with Gasteiger partial charge < -0.3 is 18.5 Å². The zero-order valence-electron chi connectivity index (χ0n) is 20.7. The van der Waals surface area contributed by atoms with Gasteiger partial charge in [-0.2, -0.15) is 14.4 Å². The van der Waals surface area contributed by atoms with Crippen molar-refractivity contribution in [2.75, 3.05) is 19.8 Å². The number of halogens is 1. The minimum Gasteiger partial charge on any atom is -0.476 e. The molecular formula is C23H28FN6O6P. The number of fused-ring (bicyclic) bond motifs is 1. The molecule has 0 bridgehead atoms. The zero-order valence-corrected chi connectivity index (χ0v) is 21.6. The van der Waals surface area contributed by atoms with Gasteiger partial charge in [-0.3, -0.25) is 19.7 Å². The molecule has 0 spiro atoms. The van der Waals surface area contributed by atoms with E-state index in [0.717, 1.165) is 12.0 Å². The van der Waals surface area contributed by atoms with Crippen LogP contribution in [0.4, 0.5) is 10.1 Å². The Morgan fingerprint density at radius 3 is 2.81 bits per heavy atom. The van der Waals surface area contributed by atoms with Gasteiger partial charge in [-0.25, -0.2) is 4.98 Å². The second kappa shape index (κ2) is 12.3. The van der Waals surface area contributed by atoms with Crippen LogP contribution >= 0.6 is 8.38 Å². The molecule has 1 saturated heterocycles. The predicted molar refractivity (Wildman–Crippen MR) is 134 cm³/mol. The Hall–Kier alpha value is -3.28. The fraction of sp³-hybridized carbons (Fsp3) is 0.478. The number of nitro benzene ring substituents is 1. The van der Waals surface area contributed by atoms with Crippen molar-refractivity contribution in [3.8, 4) is 5.88 Å². The predicted octanol–water partition coefficient (Wildman–Crippen LogP) is 4.58. The lowest BCUT2D eigenvalue weighted by molar-refractivity contribution is -0.384. The molecule has 3 heterocycles. The molecule has 0 radical (unpaired) electrons. The SMILES string of the molecule is CC/N=C/OP(C)OC1C[C@H](n2cnc3c(OCCc4ccc([N+](=O)[O-])cc4)nc(F)nc32)O[C@@H]1CC.